The Morgan fingerprint density at radius 2 is 1.88 bits per heavy atom. The van der Waals surface area contributed by atoms with Gasteiger partial charge in [0.2, 0.25) is 5.91 Å². The predicted octanol–water partition coefficient (Wildman–Crippen LogP) is 0.539. The first-order valence-corrected chi connectivity index (χ1v) is 6.37. The molecule has 0 spiro atoms. The molecule has 1 N–H and O–H groups in total. The first-order valence-electron chi connectivity index (χ1n) is 6.37. The summed E-state index contributed by atoms with van der Waals surface area (Å²) in [4.78, 5) is 16.2. The number of likely N-dealkylation sites (N-methyl/N-ethyl adjacent to an activating group) is 1. The predicted molar refractivity (Wildman–Crippen MR) is 66.4 cm³/mol. The Bertz CT molecular complexity index is 210. The van der Waals surface area contributed by atoms with Crippen LogP contribution in [0.15, 0.2) is 0 Å². The molecule has 1 amide bonds. The normalized spacial score (nSPS) is 17.2. The molecule has 0 bridgehead atoms. The molecule has 4 nitrogen and oxygen atoms in total. The highest BCUT2D eigenvalue weighted by molar-refractivity contribution is 5.78. The monoisotopic (exact) mass is 227 g/mol. The van der Waals surface area contributed by atoms with E-state index in [-0.39, 0.29) is 5.91 Å². The van der Waals surface area contributed by atoms with Crippen LogP contribution < -0.4 is 5.32 Å². The van der Waals surface area contributed by atoms with Gasteiger partial charge in [-0.3, -0.25) is 9.69 Å². The van der Waals surface area contributed by atoms with E-state index in [1.807, 2.05) is 4.90 Å². The highest BCUT2D eigenvalue weighted by atomic mass is 16.2. The van der Waals surface area contributed by atoms with Crippen molar-refractivity contribution in [3.05, 3.63) is 0 Å². The Balaban J connectivity index is 2.37. The smallest absolute Gasteiger partial charge is 0.236 e. The zero-order valence-corrected chi connectivity index (χ0v) is 10.8. The third-order valence-electron chi connectivity index (χ3n) is 3.42. The molecule has 0 radical (unpaired) electrons. The van der Waals surface area contributed by atoms with E-state index in [1.54, 1.807) is 0 Å². The van der Waals surface area contributed by atoms with Gasteiger partial charge in [0.1, 0.15) is 0 Å². The Morgan fingerprint density at radius 1 is 1.31 bits per heavy atom. The molecule has 1 fully saturated rings. The minimum atomic E-state index is 0.274. The van der Waals surface area contributed by atoms with Crippen LogP contribution in [-0.2, 0) is 4.79 Å². The largest absolute Gasteiger partial charge is 0.339 e. The van der Waals surface area contributed by atoms with Crippen LogP contribution in [0, 0.1) is 0 Å². The van der Waals surface area contributed by atoms with Gasteiger partial charge in [0, 0.05) is 32.2 Å². The van der Waals surface area contributed by atoms with Crippen LogP contribution >= 0.6 is 0 Å². The molecule has 1 rings (SSSR count). The fourth-order valence-electron chi connectivity index (χ4n) is 2.27. The first kappa shape index (κ1) is 13.5. The van der Waals surface area contributed by atoms with Crippen molar-refractivity contribution in [3.8, 4) is 0 Å². The SMILES string of the molecule is CCC(CC)N(C)CC(=O)N1CCNCC1. The van der Waals surface area contributed by atoms with Gasteiger partial charge >= 0.3 is 0 Å². The lowest BCUT2D eigenvalue weighted by molar-refractivity contribution is -0.133. The lowest BCUT2D eigenvalue weighted by atomic mass is 10.1. The number of nitrogens with zero attached hydrogens (tertiary/aromatic N) is 2. The molecule has 0 atom stereocenters. The van der Waals surface area contributed by atoms with E-state index in [1.165, 1.54) is 0 Å². The minimum Gasteiger partial charge on any atom is -0.339 e. The van der Waals surface area contributed by atoms with Crippen molar-refractivity contribution < 1.29 is 4.79 Å². The fraction of sp³-hybridized carbons (Fsp3) is 0.917. The topological polar surface area (TPSA) is 35.6 Å². The van der Waals surface area contributed by atoms with Crippen LogP contribution in [0.2, 0.25) is 0 Å². The van der Waals surface area contributed by atoms with Gasteiger partial charge in [-0.05, 0) is 19.9 Å². The van der Waals surface area contributed by atoms with E-state index >= 15 is 0 Å². The number of piperazine rings is 1. The lowest BCUT2D eigenvalue weighted by Crippen LogP contribution is -2.50. The summed E-state index contributed by atoms with van der Waals surface area (Å²) >= 11 is 0. The van der Waals surface area contributed by atoms with Gasteiger partial charge in [0.05, 0.1) is 6.54 Å². The summed E-state index contributed by atoms with van der Waals surface area (Å²) in [6.45, 7) is 8.50. The third-order valence-corrected chi connectivity index (χ3v) is 3.42. The average molecular weight is 227 g/mol. The Hall–Kier alpha value is -0.610. The van der Waals surface area contributed by atoms with E-state index in [9.17, 15) is 4.79 Å². The van der Waals surface area contributed by atoms with Crippen molar-refractivity contribution in [2.75, 3.05) is 39.8 Å². The molecule has 1 saturated heterocycles. The van der Waals surface area contributed by atoms with Crippen molar-refractivity contribution in [3.63, 3.8) is 0 Å². The Kier molecular flexibility index (Phi) is 5.77. The van der Waals surface area contributed by atoms with Crippen molar-refractivity contribution in [2.45, 2.75) is 32.7 Å². The molecule has 0 saturated carbocycles. The second kappa shape index (κ2) is 6.86. The molecule has 0 aromatic carbocycles. The molecule has 1 aliphatic rings. The molecule has 0 aromatic rings. The summed E-state index contributed by atoms with van der Waals surface area (Å²) in [5, 5.41) is 3.26. The van der Waals surface area contributed by atoms with Crippen molar-refractivity contribution >= 4 is 5.91 Å². The maximum atomic E-state index is 12.0. The third kappa shape index (κ3) is 3.76. The summed E-state index contributed by atoms with van der Waals surface area (Å²) in [6.07, 6.45) is 2.23. The maximum absolute atomic E-state index is 12.0. The quantitative estimate of drug-likeness (QED) is 0.744. The highest BCUT2D eigenvalue weighted by Gasteiger charge is 2.19. The van der Waals surface area contributed by atoms with Crippen LogP contribution in [0.25, 0.3) is 0 Å². The van der Waals surface area contributed by atoms with Gasteiger partial charge < -0.3 is 10.2 Å². The average Bonchev–Trinajstić information content (AvgIpc) is 2.31. The molecule has 4 heteroatoms. The van der Waals surface area contributed by atoms with Gasteiger partial charge in [0.15, 0.2) is 0 Å². The molecule has 1 heterocycles. The molecule has 16 heavy (non-hydrogen) atoms. The van der Waals surface area contributed by atoms with Gasteiger partial charge in [0.25, 0.3) is 0 Å². The zero-order valence-electron chi connectivity index (χ0n) is 10.8. The summed E-state index contributed by atoms with van der Waals surface area (Å²) in [7, 11) is 2.05. The number of rotatable bonds is 5. The van der Waals surface area contributed by atoms with E-state index in [2.05, 4.69) is 31.1 Å². The van der Waals surface area contributed by atoms with Crippen LogP contribution in [0.1, 0.15) is 26.7 Å². The summed E-state index contributed by atoms with van der Waals surface area (Å²) in [6, 6.07) is 0.534. The molecular weight excluding hydrogens is 202 g/mol. The number of carbonyl (C=O) groups is 1. The summed E-state index contributed by atoms with van der Waals surface area (Å²) < 4.78 is 0. The van der Waals surface area contributed by atoms with Crippen LogP contribution in [0.5, 0.6) is 0 Å². The molecular formula is C12H25N3O. The van der Waals surface area contributed by atoms with Gasteiger partial charge in [-0.15, -0.1) is 0 Å². The second-order valence-electron chi connectivity index (χ2n) is 4.52. The second-order valence-corrected chi connectivity index (χ2v) is 4.52. The zero-order chi connectivity index (χ0) is 12.0. The van der Waals surface area contributed by atoms with Gasteiger partial charge in [-0.25, -0.2) is 0 Å². The maximum Gasteiger partial charge on any atom is 0.236 e. The van der Waals surface area contributed by atoms with Gasteiger partial charge in [-0.1, -0.05) is 13.8 Å². The highest BCUT2D eigenvalue weighted by Crippen LogP contribution is 2.06. The molecule has 94 valence electrons. The standard InChI is InChI=1S/C12H25N3O/c1-4-11(5-2)14(3)10-12(16)15-8-6-13-7-9-15/h11,13H,4-10H2,1-3H3. The fourth-order valence-corrected chi connectivity index (χ4v) is 2.27. The van der Waals surface area contributed by atoms with Crippen molar-refractivity contribution in [2.24, 2.45) is 0 Å². The molecule has 0 aliphatic carbocycles. The number of nitrogens with one attached hydrogen (secondary N) is 1. The van der Waals surface area contributed by atoms with Crippen LogP contribution in [0.3, 0.4) is 0 Å². The minimum absolute atomic E-state index is 0.274. The van der Waals surface area contributed by atoms with E-state index in [0.29, 0.717) is 12.6 Å². The van der Waals surface area contributed by atoms with E-state index in [4.69, 9.17) is 0 Å². The summed E-state index contributed by atoms with van der Waals surface area (Å²) in [5.74, 6) is 0.274. The summed E-state index contributed by atoms with van der Waals surface area (Å²) in [5.41, 5.74) is 0. The number of carbonyl (C=O) groups excluding carboxylic acids is 1. The number of hydrogen-bond acceptors (Lipinski definition) is 3. The van der Waals surface area contributed by atoms with E-state index < -0.39 is 0 Å². The van der Waals surface area contributed by atoms with Gasteiger partial charge in [-0.2, -0.15) is 0 Å². The molecule has 0 unspecified atom stereocenters. The van der Waals surface area contributed by atoms with Crippen molar-refractivity contribution in [1.29, 1.82) is 0 Å². The number of amides is 1. The van der Waals surface area contributed by atoms with E-state index in [0.717, 1.165) is 39.0 Å². The Labute approximate surface area is 99.0 Å². The number of hydrogen-bond donors (Lipinski definition) is 1. The lowest BCUT2D eigenvalue weighted by Gasteiger charge is -2.31. The molecule has 0 aromatic heterocycles. The molecule has 1 aliphatic heterocycles. The van der Waals surface area contributed by atoms with Crippen LogP contribution in [-0.4, -0.2) is 61.5 Å². The van der Waals surface area contributed by atoms with Crippen LogP contribution in [0.4, 0.5) is 0 Å². The Morgan fingerprint density at radius 3 is 2.38 bits per heavy atom. The first-order chi connectivity index (χ1) is 7.69. The van der Waals surface area contributed by atoms with Crippen molar-refractivity contribution in [1.82, 2.24) is 15.1 Å².